The number of H-pyrrole nitrogens is 1. The molecule has 3 heterocycles. The standard InChI is InChI=1S/C30H33N5O/c1-19(2)28-25-16-21(20-11-14-35(15-12-20)18-27(36)34(3)4)8-10-26(25)33-30(28)24-9-7-22(17-31)29-23(24)6-5-13-32-29/h5-10,13,16,19-20,33H,11-12,14-15,18H2,1-4H3. The monoisotopic (exact) mass is 479 g/mol. The minimum absolute atomic E-state index is 0.168. The van der Waals surface area contributed by atoms with E-state index in [1.165, 1.54) is 16.5 Å². The maximum Gasteiger partial charge on any atom is 0.236 e. The molecule has 2 aromatic carbocycles. The Bertz CT molecular complexity index is 1470. The molecule has 1 amide bonds. The predicted molar refractivity (Wildman–Crippen MR) is 145 cm³/mol. The number of hydrogen-bond acceptors (Lipinski definition) is 4. The van der Waals surface area contributed by atoms with Gasteiger partial charge in [-0.3, -0.25) is 14.7 Å². The smallest absolute Gasteiger partial charge is 0.236 e. The van der Waals surface area contributed by atoms with Crippen molar-refractivity contribution in [1.29, 1.82) is 5.26 Å². The van der Waals surface area contributed by atoms with Crippen molar-refractivity contribution < 1.29 is 4.79 Å². The fourth-order valence-electron chi connectivity index (χ4n) is 5.53. The number of amides is 1. The number of aromatic amines is 1. The normalized spacial score (nSPS) is 15.0. The van der Waals surface area contributed by atoms with Crippen molar-refractivity contribution in [3.05, 3.63) is 65.4 Å². The van der Waals surface area contributed by atoms with Crippen LogP contribution in [0.15, 0.2) is 48.7 Å². The summed E-state index contributed by atoms with van der Waals surface area (Å²) >= 11 is 0. The van der Waals surface area contributed by atoms with Crippen molar-refractivity contribution in [2.75, 3.05) is 33.7 Å². The number of rotatable bonds is 5. The Balaban J connectivity index is 1.50. The number of fused-ring (bicyclic) bond motifs is 2. The fraction of sp³-hybridized carbons (Fsp3) is 0.367. The van der Waals surface area contributed by atoms with Crippen molar-refractivity contribution >= 4 is 27.7 Å². The zero-order chi connectivity index (χ0) is 25.4. The first-order valence-corrected chi connectivity index (χ1v) is 12.7. The topological polar surface area (TPSA) is 76.0 Å². The van der Waals surface area contributed by atoms with Gasteiger partial charge in [-0.05, 0) is 73.2 Å². The number of carbonyl (C=O) groups is 1. The number of likely N-dealkylation sites (N-methyl/N-ethyl adjacent to an activating group) is 1. The van der Waals surface area contributed by atoms with Gasteiger partial charge in [0, 0.05) is 42.1 Å². The largest absolute Gasteiger partial charge is 0.354 e. The summed E-state index contributed by atoms with van der Waals surface area (Å²) in [6, 6.07) is 17.0. The van der Waals surface area contributed by atoms with Crippen molar-refractivity contribution in [1.82, 2.24) is 19.8 Å². The Morgan fingerprint density at radius 2 is 1.94 bits per heavy atom. The Morgan fingerprint density at radius 1 is 1.17 bits per heavy atom. The first kappa shape index (κ1) is 24.0. The lowest BCUT2D eigenvalue weighted by molar-refractivity contribution is -0.130. The van der Waals surface area contributed by atoms with Gasteiger partial charge in [0.15, 0.2) is 0 Å². The van der Waals surface area contributed by atoms with Gasteiger partial charge in [0.25, 0.3) is 0 Å². The fourth-order valence-corrected chi connectivity index (χ4v) is 5.53. The molecule has 0 spiro atoms. The van der Waals surface area contributed by atoms with Crippen LogP contribution in [0.5, 0.6) is 0 Å². The minimum Gasteiger partial charge on any atom is -0.354 e. The summed E-state index contributed by atoms with van der Waals surface area (Å²) in [6.45, 7) is 6.88. The third-order valence-electron chi connectivity index (χ3n) is 7.52. The van der Waals surface area contributed by atoms with Crippen LogP contribution in [0.2, 0.25) is 0 Å². The van der Waals surface area contributed by atoms with Gasteiger partial charge >= 0.3 is 0 Å². The van der Waals surface area contributed by atoms with E-state index in [1.54, 1.807) is 11.1 Å². The quantitative estimate of drug-likeness (QED) is 0.402. The van der Waals surface area contributed by atoms with Crippen LogP contribution in [0, 0.1) is 11.3 Å². The molecule has 4 aromatic rings. The average molecular weight is 480 g/mol. The summed E-state index contributed by atoms with van der Waals surface area (Å²) < 4.78 is 0. The Labute approximate surface area is 212 Å². The molecule has 0 aliphatic carbocycles. The molecule has 0 saturated carbocycles. The first-order chi connectivity index (χ1) is 17.4. The van der Waals surface area contributed by atoms with Gasteiger partial charge in [-0.25, -0.2) is 0 Å². The number of benzene rings is 2. The van der Waals surface area contributed by atoms with Gasteiger partial charge < -0.3 is 9.88 Å². The van der Waals surface area contributed by atoms with E-state index in [2.05, 4.69) is 53.0 Å². The van der Waals surface area contributed by atoms with Crippen molar-refractivity contribution in [2.24, 2.45) is 0 Å². The maximum atomic E-state index is 12.1. The molecule has 1 fully saturated rings. The molecule has 36 heavy (non-hydrogen) atoms. The summed E-state index contributed by atoms with van der Waals surface area (Å²) in [4.78, 5) is 24.3. The summed E-state index contributed by atoms with van der Waals surface area (Å²) in [5.74, 6) is 0.991. The molecule has 2 aromatic heterocycles. The SMILES string of the molecule is CC(C)c1c(-c2ccc(C#N)c3ncccc23)[nH]c2ccc(C3CCN(CC(=O)N(C)C)CC3)cc12. The zero-order valence-electron chi connectivity index (χ0n) is 21.5. The Hall–Kier alpha value is -3.69. The summed E-state index contributed by atoms with van der Waals surface area (Å²) in [7, 11) is 3.64. The number of piperidine rings is 1. The molecule has 6 nitrogen and oxygen atoms in total. The van der Waals surface area contributed by atoms with Crippen molar-refractivity contribution in [3.8, 4) is 17.3 Å². The van der Waals surface area contributed by atoms with Gasteiger partial charge in [0.2, 0.25) is 5.91 Å². The number of nitrogens with one attached hydrogen (secondary N) is 1. The highest BCUT2D eigenvalue weighted by Crippen LogP contribution is 2.40. The second kappa shape index (κ2) is 9.75. The maximum absolute atomic E-state index is 12.1. The van der Waals surface area contributed by atoms with E-state index in [9.17, 15) is 10.1 Å². The summed E-state index contributed by atoms with van der Waals surface area (Å²) in [6.07, 6.45) is 3.87. The van der Waals surface area contributed by atoms with Crippen LogP contribution in [0.4, 0.5) is 0 Å². The molecule has 0 atom stereocenters. The molecular weight excluding hydrogens is 446 g/mol. The number of aromatic nitrogens is 2. The summed E-state index contributed by atoms with van der Waals surface area (Å²) in [5, 5.41) is 11.8. The average Bonchev–Trinajstić information content (AvgIpc) is 3.27. The first-order valence-electron chi connectivity index (χ1n) is 12.7. The zero-order valence-corrected chi connectivity index (χ0v) is 21.5. The molecule has 184 valence electrons. The van der Waals surface area contributed by atoms with Crippen LogP contribution < -0.4 is 0 Å². The third kappa shape index (κ3) is 4.36. The minimum atomic E-state index is 0.168. The van der Waals surface area contributed by atoms with Crippen molar-refractivity contribution in [3.63, 3.8) is 0 Å². The number of likely N-dealkylation sites (tertiary alicyclic amines) is 1. The molecule has 0 unspecified atom stereocenters. The third-order valence-corrected chi connectivity index (χ3v) is 7.52. The van der Waals surface area contributed by atoms with E-state index in [1.807, 2.05) is 38.4 Å². The van der Waals surface area contributed by atoms with E-state index < -0.39 is 0 Å². The Morgan fingerprint density at radius 3 is 2.64 bits per heavy atom. The molecule has 0 radical (unpaired) electrons. The van der Waals surface area contributed by atoms with Crippen molar-refractivity contribution in [2.45, 2.75) is 38.5 Å². The van der Waals surface area contributed by atoms with Crippen LogP contribution in [-0.2, 0) is 4.79 Å². The number of nitriles is 1. The van der Waals surface area contributed by atoms with Crippen LogP contribution in [-0.4, -0.2) is 59.4 Å². The molecule has 5 rings (SSSR count). The van der Waals surface area contributed by atoms with E-state index in [0.29, 0.717) is 23.9 Å². The van der Waals surface area contributed by atoms with Gasteiger partial charge in [-0.15, -0.1) is 0 Å². The number of carbonyl (C=O) groups excluding carboxylic acids is 1. The summed E-state index contributed by atoms with van der Waals surface area (Å²) in [5.41, 5.74) is 7.33. The lowest BCUT2D eigenvalue weighted by atomic mass is 9.87. The van der Waals surface area contributed by atoms with E-state index in [-0.39, 0.29) is 5.91 Å². The molecule has 1 N–H and O–H groups in total. The van der Waals surface area contributed by atoms with Crippen LogP contribution in [0.1, 0.15) is 55.2 Å². The lowest BCUT2D eigenvalue weighted by Gasteiger charge is -2.32. The van der Waals surface area contributed by atoms with E-state index >= 15 is 0 Å². The molecule has 0 bridgehead atoms. The van der Waals surface area contributed by atoms with Crippen LogP contribution >= 0.6 is 0 Å². The highest BCUT2D eigenvalue weighted by atomic mass is 16.2. The number of nitrogens with zero attached hydrogens (tertiary/aromatic N) is 4. The lowest BCUT2D eigenvalue weighted by Crippen LogP contribution is -2.40. The second-order valence-electron chi connectivity index (χ2n) is 10.4. The number of pyridine rings is 1. The molecule has 6 heteroatoms. The number of hydrogen-bond donors (Lipinski definition) is 1. The highest BCUT2D eigenvalue weighted by molar-refractivity contribution is 6.01. The van der Waals surface area contributed by atoms with Crippen LogP contribution in [0.25, 0.3) is 33.1 Å². The molecule has 1 aliphatic rings. The van der Waals surface area contributed by atoms with Gasteiger partial charge in [0.05, 0.1) is 23.3 Å². The molecule has 1 aliphatic heterocycles. The predicted octanol–water partition coefficient (Wildman–Crippen LogP) is 5.65. The Kier molecular flexibility index (Phi) is 6.51. The van der Waals surface area contributed by atoms with Gasteiger partial charge in [-0.1, -0.05) is 32.0 Å². The van der Waals surface area contributed by atoms with Gasteiger partial charge in [-0.2, -0.15) is 5.26 Å². The molecule has 1 saturated heterocycles. The van der Waals surface area contributed by atoms with E-state index in [0.717, 1.165) is 53.6 Å². The highest BCUT2D eigenvalue weighted by Gasteiger charge is 2.24. The van der Waals surface area contributed by atoms with E-state index in [4.69, 9.17) is 0 Å². The molecular formula is C30H33N5O. The van der Waals surface area contributed by atoms with Gasteiger partial charge in [0.1, 0.15) is 6.07 Å². The second-order valence-corrected chi connectivity index (χ2v) is 10.4. The van der Waals surface area contributed by atoms with Crippen LogP contribution in [0.3, 0.4) is 0 Å².